The van der Waals surface area contributed by atoms with E-state index >= 15 is 0 Å². The van der Waals surface area contributed by atoms with Crippen molar-refractivity contribution in [3.05, 3.63) is 35.9 Å². The van der Waals surface area contributed by atoms with Crippen molar-refractivity contribution in [3.8, 4) is 0 Å². The van der Waals surface area contributed by atoms with Crippen LogP contribution in [0.1, 0.15) is 24.8 Å². The Morgan fingerprint density at radius 2 is 1.93 bits per heavy atom. The predicted octanol–water partition coefficient (Wildman–Crippen LogP) is 0.349. The fourth-order valence-electron chi connectivity index (χ4n) is 3.88. The number of nitrogens with zero attached hydrogens (tertiary/aromatic N) is 2. The molecule has 3 rings (SSSR count). The Kier molecular flexibility index (Phi) is 6.45. The lowest BCUT2D eigenvalue weighted by molar-refractivity contribution is -0.139. The first kappa shape index (κ1) is 19.4. The third-order valence-corrected chi connectivity index (χ3v) is 5.33. The maximum absolute atomic E-state index is 12.9. The molecular formula is C20H28N4O3. The number of carbonyl (C=O) groups is 3. The van der Waals surface area contributed by atoms with Crippen molar-refractivity contribution in [3.63, 3.8) is 0 Å². The summed E-state index contributed by atoms with van der Waals surface area (Å²) >= 11 is 0. The van der Waals surface area contributed by atoms with Crippen LogP contribution in [0.4, 0.5) is 0 Å². The zero-order valence-electron chi connectivity index (χ0n) is 15.6. The molecule has 2 atom stereocenters. The lowest BCUT2D eigenvalue weighted by atomic mass is 9.95. The summed E-state index contributed by atoms with van der Waals surface area (Å²) in [5.74, 6) is -0.522. The van der Waals surface area contributed by atoms with Gasteiger partial charge in [-0.25, -0.2) is 0 Å². The maximum atomic E-state index is 12.9. The standard InChI is InChI=1S/C20H28N4O3/c21-8-9-22-19(26)16-7-4-10-23(13-16)20(27)17-11-18(25)24(14-17)12-15-5-2-1-3-6-15/h1-3,5-6,16-17H,4,7-14,21H2,(H,22,26). The third kappa shape index (κ3) is 4.86. The molecule has 146 valence electrons. The largest absolute Gasteiger partial charge is 0.355 e. The first-order valence-electron chi connectivity index (χ1n) is 9.66. The first-order valence-corrected chi connectivity index (χ1v) is 9.66. The van der Waals surface area contributed by atoms with Gasteiger partial charge in [0.05, 0.1) is 11.8 Å². The zero-order valence-corrected chi connectivity index (χ0v) is 15.6. The molecule has 0 aromatic heterocycles. The van der Waals surface area contributed by atoms with Gasteiger partial charge in [-0.05, 0) is 18.4 Å². The Balaban J connectivity index is 1.56. The van der Waals surface area contributed by atoms with Crippen molar-refractivity contribution < 1.29 is 14.4 Å². The van der Waals surface area contributed by atoms with Crippen molar-refractivity contribution in [1.82, 2.24) is 15.1 Å². The smallest absolute Gasteiger partial charge is 0.228 e. The highest BCUT2D eigenvalue weighted by Crippen LogP contribution is 2.25. The van der Waals surface area contributed by atoms with Crippen molar-refractivity contribution in [1.29, 1.82) is 0 Å². The number of amides is 3. The van der Waals surface area contributed by atoms with E-state index in [2.05, 4.69) is 5.32 Å². The second-order valence-corrected chi connectivity index (χ2v) is 7.36. The Morgan fingerprint density at radius 1 is 1.15 bits per heavy atom. The second kappa shape index (κ2) is 8.99. The van der Waals surface area contributed by atoms with Crippen molar-refractivity contribution in [2.24, 2.45) is 17.6 Å². The van der Waals surface area contributed by atoms with Gasteiger partial charge in [0.15, 0.2) is 0 Å². The number of likely N-dealkylation sites (tertiary alicyclic amines) is 2. The highest BCUT2D eigenvalue weighted by molar-refractivity contribution is 5.89. The number of benzene rings is 1. The fourth-order valence-corrected chi connectivity index (χ4v) is 3.88. The van der Waals surface area contributed by atoms with Crippen molar-refractivity contribution in [2.45, 2.75) is 25.8 Å². The topological polar surface area (TPSA) is 95.7 Å². The molecule has 0 spiro atoms. The van der Waals surface area contributed by atoms with E-state index in [9.17, 15) is 14.4 Å². The lowest BCUT2D eigenvalue weighted by Crippen LogP contribution is -2.48. The van der Waals surface area contributed by atoms with Crippen LogP contribution in [0.3, 0.4) is 0 Å². The molecule has 1 aromatic carbocycles. The van der Waals surface area contributed by atoms with Crippen molar-refractivity contribution in [2.75, 3.05) is 32.7 Å². The minimum absolute atomic E-state index is 0.00441. The minimum Gasteiger partial charge on any atom is -0.355 e. The minimum atomic E-state index is -0.313. The molecule has 0 aliphatic carbocycles. The van der Waals surface area contributed by atoms with Gasteiger partial charge < -0.3 is 20.9 Å². The van der Waals surface area contributed by atoms with Gasteiger partial charge in [0, 0.05) is 45.7 Å². The molecule has 1 aromatic rings. The number of nitrogens with one attached hydrogen (secondary N) is 1. The molecule has 2 aliphatic heterocycles. The molecule has 2 heterocycles. The van der Waals surface area contributed by atoms with E-state index in [1.807, 2.05) is 30.3 Å². The number of carbonyl (C=O) groups excluding carboxylic acids is 3. The van der Waals surface area contributed by atoms with E-state index in [1.165, 1.54) is 0 Å². The van der Waals surface area contributed by atoms with Gasteiger partial charge in [-0.2, -0.15) is 0 Å². The van der Waals surface area contributed by atoms with Crippen LogP contribution in [0, 0.1) is 11.8 Å². The number of piperidine rings is 1. The van der Waals surface area contributed by atoms with Crippen LogP contribution >= 0.6 is 0 Å². The maximum Gasteiger partial charge on any atom is 0.228 e. The molecule has 0 saturated carbocycles. The summed E-state index contributed by atoms with van der Waals surface area (Å²) in [5.41, 5.74) is 6.49. The summed E-state index contributed by atoms with van der Waals surface area (Å²) in [6.07, 6.45) is 1.84. The molecular weight excluding hydrogens is 344 g/mol. The summed E-state index contributed by atoms with van der Waals surface area (Å²) in [7, 11) is 0. The highest BCUT2D eigenvalue weighted by Gasteiger charge is 2.38. The molecule has 7 heteroatoms. The first-order chi connectivity index (χ1) is 13.1. The monoisotopic (exact) mass is 372 g/mol. The molecule has 3 N–H and O–H groups in total. The molecule has 2 fully saturated rings. The van der Waals surface area contributed by atoms with Gasteiger partial charge >= 0.3 is 0 Å². The molecule has 0 radical (unpaired) electrons. The van der Waals surface area contributed by atoms with Crippen LogP contribution in [-0.2, 0) is 20.9 Å². The normalized spacial score (nSPS) is 22.8. The average Bonchev–Trinajstić information content (AvgIpc) is 3.06. The molecule has 3 amide bonds. The summed E-state index contributed by atoms with van der Waals surface area (Å²) in [6.45, 7) is 2.93. The van der Waals surface area contributed by atoms with E-state index in [0.29, 0.717) is 39.3 Å². The van der Waals surface area contributed by atoms with E-state index in [4.69, 9.17) is 5.73 Å². The van der Waals surface area contributed by atoms with Gasteiger partial charge in [0.2, 0.25) is 17.7 Å². The third-order valence-electron chi connectivity index (χ3n) is 5.33. The van der Waals surface area contributed by atoms with Crippen LogP contribution in [0.2, 0.25) is 0 Å². The lowest BCUT2D eigenvalue weighted by Gasteiger charge is -2.33. The molecule has 2 aliphatic rings. The molecule has 2 unspecified atom stereocenters. The van der Waals surface area contributed by atoms with Crippen LogP contribution in [0.15, 0.2) is 30.3 Å². The Morgan fingerprint density at radius 3 is 2.67 bits per heavy atom. The van der Waals surface area contributed by atoms with E-state index in [0.717, 1.165) is 18.4 Å². The Labute approximate surface area is 159 Å². The predicted molar refractivity (Wildman–Crippen MR) is 101 cm³/mol. The van der Waals surface area contributed by atoms with E-state index in [-0.39, 0.29) is 36.0 Å². The highest BCUT2D eigenvalue weighted by atomic mass is 16.2. The van der Waals surface area contributed by atoms with Gasteiger partial charge in [-0.15, -0.1) is 0 Å². The fraction of sp³-hybridized carbons (Fsp3) is 0.550. The number of rotatable bonds is 6. The summed E-state index contributed by atoms with van der Waals surface area (Å²) in [5, 5.41) is 2.81. The molecule has 7 nitrogen and oxygen atoms in total. The van der Waals surface area contributed by atoms with Crippen LogP contribution < -0.4 is 11.1 Å². The average molecular weight is 372 g/mol. The summed E-state index contributed by atoms with van der Waals surface area (Å²) in [6, 6.07) is 9.80. The van der Waals surface area contributed by atoms with Crippen molar-refractivity contribution >= 4 is 17.7 Å². The zero-order chi connectivity index (χ0) is 19.2. The van der Waals surface area contributed by atoms with E-state index < -0.39 is 0 Å². The number of hydrogen-bond acceptors (Lipinski definition) is 4. The molecule has 2 saturated heterocycles. The van der Waals surface area contributed by atoms with Gasteiger partial charge in [-0.1, -0.05) is 30.3 Å². The quantitative estimate of drug-likeness (QED) is 0.753. The SMILES string of the molecule is NCCNC(=O)C1CCCN(C(=O)C2CC(=O)N(Cc3ccccc3)C2)C1. The number of hydrogen-bond donors (Lipinski definition) is 2. The van der Waals surface area contributed by atoms with Crippen LogP contribution in [0.25, 0.3) is 0 Å². The molecule has 27 heavy (non-hydrogen) atoms. The summed E-state index contributed by atoms with van der Waals surface area (Å²) < 4.78 is 0. The Bertz CT molecular complexity index is 679. The van der Waals surface area contributed by atoms with Gasteiger partial charge in [0.25, 0.3) is 0 Å². The Hall–Kier alpha value is -2.41. The second-order valence-electron chi connectivity index (χ2n) is 7.36. The summed E-state index contributed by atoms with van der Waals surface area (Å²) in [4.78, 5) is 41.0. The van der Waals surface area contributed by atoms with Crippen LogP contribution in [0.5, 0.6) is 0 Å². The molecule has 0 bridgehead atoms. The van der Waals surface area contributed by atoms with E-state index in [1.54, 1.807) is 9.80 Å². The number of nitrogens with two attached hydrogens (primary N) is 1. The van der Waals surface area contributed by atoms with Crippen LogP contribution in [-0.4, -0.2) is 60.2 Å². The van der Waals surface area contributed by atoms with Gasteiger partial charge in [-0.3, -0.25) is 14.4 Å². The van der Waals surface area contributed by atoms with Gasteiger partial charge in [0.1, 0.15) is 0 Å².